The molecule has 0 aliphatic carbocycles. The molecule has 19 heavy (non-hydrogen) atoms. The van der Waals surface area contributed by atoms with Crippen LogP contribution < -0.4 is 5.32 Å². The number of carbonyl (C=O) groups is 2. The molecule has 0 atom stereocenters. The van der Waals surface area contributed by atoms with Crippen molar-refractivity contribution in [3.8, 4) is 0 Å². The highest BCUT2D eigenvalue weighted by atomic mass is 79.9. The van der Waals surface area contributed by atoms with Gasteiger partial charge in [0, 0.05) is 29.1 Å². The molecule has 1 aliphatic heterocycles. The van der Waals surface area contributed by atoms with Crippen LogP contribution >= 0.6 is 27.7 Å². The Kier molecular flexibility index (Phi) is 4.71. The number of amides is 2. The van der Waals surface area contributed by atoms with Crippen molar-refractivity contribution in [2.45, 2.75) is 0 Å². The van der Waals surface area contributed by atoms with Crippen molar-refractivity contribution < 1.29 is 14.7 Å². The molecule has 0 spiro atoms. The van der Waals surface area contributed by atoms with Crippen LogP contribution in [0.3, 0.4) is 0 Å². The minimum absolute atomic E-state index is 0.0779. The van der Waals surface area contributed by atoms with Crippen LogP contribution in [-0.2, 0) is 0 Å². The highest BCUT2D eigenvalue weighted by Crippen LogP contribution is 2.22. The summed E-state index contributed by atoms with van der Waals surface area (Å²) in [5.74, 6) is 0.768. The summed E-state index contributed by atoms with van der Waals surface area (Å²) < 4.78 is 0.664. The molecule has 1 fully saturated rings. The first-order valence-corrected chi connectivity index (χ1v) is 7.69. The quantitative estimate of drug-likeness (QED) is 0.865. The first-order valence-electron chi connectivity index (χ1n) is 5.74. The fraction of sp³-hybridized carbons (Fsp3) is 0.333. The number of benzene rings is 1. The first-order chi connectivity index (χ1) is 9.08. The van der Waals surface area contributed by atoms with Gasteiger partial charge in [0.15, 0.2) is 0 Å². The molecule has 102 valence electrons. The summed E-state index contributed by atoms with van der Waals surface area (Å²) in [6, 6.07) is 4.52. The summed E-state index contributed by atoms with van der Waals surface area (Å²) >= 11 is 5.03. The van der Waals surface area contributed by atoms with Crippen LogP contribution in [0.15, 0.2) is 22.7 Å². The predicted molar refractivity (Wildman–Crippen MR) is 79.0 cm³/mol. The third-order valence-electron chi connectivity index (χ3n) is 2.75. The van der Waals surface area contributed by atoms with Gasteiger partial charge in [0.2, 0.25) is 0 Å². The number of urea groups is 1. The number of hydrogen-bond acceptors (Lipinski definition) is 3. The molecular formula is C12H13BrN2O3S. The van der Waals surface area contributed by atoms with E-state index in [-0.39, 0.29) is 11.6 Å². The summed E-state index contributed by atoms with van der Waals surface area (Å²) in [6.45, 7) is 1.38. The van der Waals surface area contributed by atoms with E-state index in [0.29, 0.717) is 23.2 Å². The lowest BCUT2D eigenvalue weighted by Crippen LogP contribution is -2.40. The molecule has 2 N–H and O–H groups in total. The van der Waals surface area contributed by atoms with Gasteiger partial charge < -0.3 is 15.3 Å². The molecule has 7 heteroatoms. The van der Waals surface area contributed by atoms with Gasteiger partial charge >= 0.3 is 12.0 Å². The fourth-order valence-corrected chi connectivity index (χ4v) is 3.03. The summed E-state index contributed by atoms with van der Waals surface area (Å²) in [6.07, 6.45) is 0. The van der Waals surface area contributed by atoms with Crippen LogP contribution in [0.2, 0.25) is 0 Å². The largest absolute Gasteiger partial charge is 0.478 e. The van der Waals surface area contributed by atoms with E-state index in [0.717, 1.165) is 11.5 Å². The first kappa shape index (κ1) is 14.2. The van der Waals surface area contributed by atoms with E-state index in [2.05, 4.69) is 21.2 Å². The van der Waals surface area contributed by atoms with Crippen molar-refractivity contribution >= 4 is 45.4 Å². The number of nitrogens with zero attached hydrogens (tertiary/aromatic N) is 1. The molecule has 0 bridgehead atoms. The molecule has 0 unspecified atom stereocenters. The number of carboxylic acid groups (broad SMARTS) is 1. The second-order valence-corrected chi connectivity index (χ2v) is 6.17. The lowest BCUT2D eigenvalue weighted by molar-refractivity contribution is 0.0698. The number of anilines is 1. The summed E-state index contributed by atoms with van der Waals surface area (Å²) in [5.41, 5.74) is 0.396. The maximum absolute atomic E-state index is 12.0. The molecule has 0 aromatic heterocycles. The summed E-state index contributed by atoms with van der Waals surface area (Å²) in [7, 11) is 0. The Bertz CT molecular complexity index is 504. The van der Waals surface area contributed by atoms with Crippen molar-refractivity contribution in [1.29, 1.82) is 0 Å². The van der Waals surface area contributed by atoms with E-state index < -0.39 is 5.97 Å². The molecule has 2 amide bonds. The molecular weight excluding hydrogens is 332 g/mol. The fourth-order valence-electron chi connectivity index (χ4n) is 1.76. The maximum atomic E-state index is 12.0. The van der Waals surface area contributed by atoms with Crippen molar-refractivity contribution in [3.63, 3.8) is 0 Å². The number of carbonyl (C=O) groups excluding carboxylic acids is 1. The van der Waals surface area contributed by atoms with Crippen molar-refractivity contribution in [3.05, 3.63) is 28.2 Å². The summed E-state index contributed by atoms with van der Waals surface area (Å²) in [5, 5.41) is 11.8. The molecule has 5 nitrogen and oxygen atoms in total. The monoisotopic (exact) mass is 344 g/mol. The Hall–Kier alpha value is -1.21. The second-order valence-electron chi connectivity index (χ2n) is 4.02. The maximum Gasteiger partial charge on any atom is 0.337 e. The van der Waals surface area contributed by atoms with Gasteiger partial charge in [0.1, 0.15) is 0 Å². The number of nitrogens with one attached hydrogen (secondary N) is 1. The number of aromatic carboxylic acids is 1. The molecule has 1 aromatic carbocycles. The van der Waals surface area contributed by atoms with Gasteiger partial charge in [0.05, 0.1) is 11.3 Å². The smallest absolute Gasteiger partial charge is 0.337 e. The van der Waals surface area contributed by atoms with Gasteiger partial charge in [-0.1, -0.05) is 15.9 Å². The minimum Gasteiger partial charge on any atom is -0.478 e. The number of rotatable bonds is 2. The third-order valence-corrected chi connectivity index (χ3v) is 4.19. The summed E-state index contributed by atoms with van der Waals surface area (Å²) in [4.78, 5) is 24.9. The molecule has 0 radical (unpaired) electrons. The zero-order valence-corrected chi connectivity index (χ0v) is 12.5. The zero-order valence-electron chi connectivity index (χ0n) is 10.1. The Balaban J connectivity index is 2.13. The molecule has 1 aliphatic rings. The zero-order chi connectivity index (χ0) is 13.8. The Labute approximate surface area is 123 Å². The van der Waals surface area contributed by atoms with Crippen LogP contribution in [0.5, 0.6) is 0 Å². The van der Waals surface area contributed by atoms with E-state index in [1.54, 1.807) is 17.0 Å². The predicted octanol–water partition coefficient (Wildman–Crippen LogP) is 2.73. The van der Waals surface area contributed by atoms with E-state index in [1.165, 1.54) is 6.07 Å². The molecule has 2 rings (SSSR count). The van der Waals surface area contributed by atoms with E-state index in [4.69, 9.17) is 5.11 Å². The molecule has 1 aromatic rings. The highest BCUT2D eigenvalue weighted by Gasteiger charge is 2.19. The van der Waals surface area contributed by atoms with Gasteiger partial charge in [-0.15, -0.1) is 0 Å². The van der Waals surface area contributed by atoms with Gasteiger partial charge in [0.25, 0.3) is 0 Å². The molecule has 1 heterocycles. The van der Waals surface area contributed by atoms with E-state index in [9.17, 15) is 9.59 Å². The van der Waals surface area contributed by atoms with Crippen molar-refractivity contribution in [2.75, 3.05) is 29.9 Å². The van der Waals surface area contributed by atoms with Crippen molar-refractivity contribution in [2.24, 2.45) is 0 Å². The van der Waals surface area contributed by atoms with E-state index >= 15 is 0 Å². The average Bonchev–Trinajstić information content (AvgIpc) is 2.41. The Morgan fingerprint density at radius 2 is 2.00 bits per heavy atom. The standard InChI is InChI=1S/C12H13BrN2O3S/c13-8-1-2-10(9(7-8)11(16)17)14-12(18)15-3-5-19-6-4-15/h1-2,7H,3-6H2,(H,14,18)(H,16,17). The van der Waals surface area contributed by atoms with Gasteiger partial charge in [-0.2, -0.15) is 11.8 Å². The number of hydrogen-bond donors (Lipinski definition) is 2. The third kappa shape index (κ3) is 3.63. The van der Waals surface area contributed by atoms with Crippen LogP contribution in [0.25, 0.3) is 0 Å². The topological polar surface area (TPSA) is 69.6 Å². The van der Waals surface area contributed by atoms with Gasteiger partial charge in [-0.05, 0) is 18.2 Å². The van der Waals surface area contributed by atoms with Crippen LogP contribution in [-0.4, -0.2) is 46.6 Å². The second kappa shape index (κ2) is 6.29. The highest BCUT2D eigenvalue weighted by molar-refractivity contribution is 9.10. The minimum atomic E-state index is -1.06. The van der Waals surface area contributed by atoms with E-state index in [1.807, 2.05) is 11.8 Å². The molecule has 1 saturated heterocycles. The average molecular weight is 345 g/mol. The lowest BCUT2D eigenvalue weighted by atomic mass is 10.2. The Morgan fingerprint density at radius 3 is 2.63 bits per heavy atom. The normalized spacial score (nSPS) is 15.1. The van der Waals surface area contributed by atoms with Crippen LogP contribution in [0.1, 0.15) is 10.4 Å². The van der Waals surface area contributed by atoms with Crippen molar-refractivity contribution in [1.82, 2.24) is 4.90 Å². The number of halogens is 1. The number of carboxylic acids is 1. The lowest BCUT2D eigenvalue weighted by Gasteiger charge is -2.26. The van der Waals surface area contributed by atoms with Crippen LogP contribution in [0, 0.1) is 0 Å². The Morgan fingerprint density at radius 1 is 1.32 bits per heavy atom. The molecule has 0 saturated carbocycles. The van der Waals surface area contributed by atoms with Gasteiger partial charge in [-0.25, -0.2) is 9.59 Å². The SMILES string of the molecule is O=C(O)c1cc(Br)ccc1NC(=O)N1CCSCC1. The van der Waals surface area contributed by atoms with Crippen LogP contribution in [0.4, 0.5) is 10.5 Å². The number of thioether (sulfide) groups is 1. The van der Waals surface area contributed by atoms with Gasteiger partial charge in [-0.3, -0.25) is 0 Å².